The molecular weight excluding hydrogens is 623 g/mol. The Kier molecular flexibility index (Phi) is 10.4. The van der Waals surface area contributed by atoms with Gasteiger partial charge in [0.25, 0.3) is 23.5 Å². The van der Waals surface area contributed by atoms with Gasteiger partial charge >= 0.3 is 5.79 Å². The lowest BCUT2D eigenvalue weighted by Gasteiger charge is -2.44. The molecule has 3 aliphatic heterocycles. The minimum Gasteiger partial charge on any atom is -0.505 e. The first-order valence-electron chi connectivity index (χ1n) is 13.7. The zero-order valence-electron chi connectivity index (χ0n) is 24.6. The number of benzene rings is 1. The van der Waals surface area contributed by atoms with Crippen molar-refractivity contribution in [1.29, 1.82) is 0 Å². The molecule has 0 spiro atoms. The second-order valence-corrected chi connectivity index (χ2v) is 10.1. The normalized spacial score (nSPS) is 23.3. The molecule has 3 aliphatic rings. The number of piperidine rings is 1. The van der Waals surface area contributed by atoms with Crippen LogP contribution in [0.2, 0.25) is 0 Å². The minimum atomic E-state index is -4.04. The van der Waals surface area contributed by atoms with E-state index in [1.54, 1.807) is 4.90 Å². The molecule has 12 N–H and O–H groups in total. The van der Waals surface area contributed by atoms with Gasteiger partial charge in [-0.25, -0.2) is 4.39 Å². The molecule has 3 heterocycles. The maximum atomic E-state index is 15.2. The van der Waals surface area contributed by atoms with Gasteiger partial charge in [-0.3, -0.25) is 24.6 Å². The van der Waals surface area contributed by atoms with E-state index in [-0.39, 0.29) is 17.0 Å². The molecule has 0 bridgehead atoms. The summed E-state index contributed by atoms with van der Waals surface area (Å²) in [5.41, 5.74) is -2.80. The molecular formula is C27H35FN4O14. The van der Waals surface area contributed by atoms with Crippen LogP contribution in [0.25, 0.3) is 0 Å². The Morgan fingerprint density at radius 3 is 2.13 bits per heavy atom. The summed E-state index contributed by atoms with van der Waals surface area (Å²) in [6.45, 7) is 6.44. The summed E-state index contributed by atoms with van der Waals surface area (Å²) in [4.78, 5) is 39.4. The highest BCUT2D eigenvalue weighted by Gasteiger charge is 2.67. The number of nitrogens with one attached hydrogen (secondary N) is 2. The third-order valence-corrected chi connectivity index (χ3v) is 7.38. The van der Waals surface area contributed by atoms with E-state index < -0.39 is 106 Å². The zero-order valence-corrected chi connectivity index (χ0v) is 24.6. The van der Waals surface area contributed by atoms with Crippen LogP contribution in [0.3, 0.4) is 0 Å². The molecule has 0 radical (unpaired) electrons. The first-order valence-corrected chi connectivity index (χ1v) is 13.7. The molecule has 1 aromatic rings. The summed E-state index contributed by atoms with van der Waals surface area (Å²) in [7, 11) is 0. The predicted molar refractivity (Wildman–Crippen MR) is 150 cm³/mol. The van der Waals surface area contributed by atoms with Gasteiger partial charge in [0, 0.05) is 31.8 Å². The van der Waals surface area contributed by atoms with Crippen molar-refractivity contribution in [1.82, 2.24) is 20.4 Å². The zero-order chi connectivity index (χ0) is 34.9. The van der Waals surface area contributed by atoms with Crippen molar-refractivity contribution in [3.8, 4) is 17.2 Å². The molecule has 46 heavy (non-hydrogen) atoms. The van der Waals surface area contributed by atoms with Gasteiger partial charge in [-0.1, -0.05) is 20.4 Å². The van der Waals surface area contributed by atoms with Crippen molar-refractivity contribution in [3.63, 3.8) is 0 Å². The number of aromatic hydroxyl groups is 3. The second-order valence-electron chi connectivity index (χ2n) is 10.1. The third-order valence-electron chi connectivity index (χ3n) is 7.38. The van der Waals surface area contributed by atoms with Gasteiger partial charge in [0.2, 0.25) is 0 Å². The molecule has 3 saturated heterocycles. The molecule has 3 fully saturated rings. The van der Waals surface area contributed by atoms with Crippen molar-refractivity contribution < 1.29 is 74.6 Å². The van der Waals surface area contributed by atoms with Gasteiger partial charge in [0.15, 0.2) is 46.5 Å². The number of aliphatic hydroxyl groups is 7. The van der Waals surface area contributed by atoms with Crippen molar-refractivity contribution in [2.45, 2.75) is 44.6 Å². The topological polar surface area (TPSA) is 293 Å². The van der Waals surface area contributed by atoms with Crippen molar-refractivity contribution >= 4 is 17.7 Å². The van der Waals surface area contributed by atoms with Crippen LogP contribution < -0.4 is 10.6 Å². The van der Waals surface area contributed by atoms with Crippen molar-refractivity contribution in [2.75, 3.05) is 32.8 Å². The predicted octanol–water partition coefficient (Wildman–Crippen LogP) is -2.23. The van der Waals surface area contributed by atoms with Gasteiger partial charge in [0.05, 0.1) is 36.5 Å². The number of likely N-dealkylation sites (tertiary alicyclic amines) is 1. The number of imide groups is 1. The highest BCUT2D eigenvalue weighted by molar-refractivity contribution is 6.09. The first-order chi connectivity index (χ1) is 21.4. The number of morpholine rings is 1. The number of phenols is 3. The van der Waals surface area contributed by atoms with Gasteiger partial charge < -0.3 is 66.0 Å². The summed E-state index contributed by atoms with van der Waals surface area (Å²) >= 11 is 0. The molecule has 1 atom stereocenters. The lowest BCUT2D eigenvalue weighted by molar-refractivity contribution is -0.355. The van der Waals surface area contributed by atoms with Gasteiger partial charge in [-0.05, 0) is 0 Å². The van der Waals surface area contributed by atoms with E-state index in [1.807, 2.05) is 13.8 Å². The van der Waals surface area contributed by atoms with Crippen LogP contribution in [-0.2, 0) is 32.2 Å². The molecule has 0 aromatic heterocycles. The Bertz CT molecular complexity index is 1470. The van der Waals surface area contributed by atoms with E-state index in [2.05, 4.69) is 11.9 Å². The monoisotopic (exact) mass is 658 g/mol. The largest absolute Gasteiger partial charge is 0.505 e. The van der Waals surface area contributed by atoms with Crippen LogP contribution in [0.1, 0.15) is 25.0 Å². The average Bonchev–Trinajstić information content (AvgIpc) is 3.34. The van der Waals surface area contributed by atoms with Crippen LogP contribution >= 0.6 is 0 Å². The number of phenolic OH excluding ortho intramolecular Hbond substituents is 3. The lowest BCUT2D eigenvalue weighted by atomic mass is 9.90. The van der Waals surface area contributed by atoms with E-state index in [9.17, 15) is 65.4 Å². The Morgan fingerprint density at radius 1 is 1.00 bits per heavy atom. The number of aliphatic hydroxyl groups excluding tert-OH is 3. The molecule has 1 unspecified atom stereocenters. The smallest absolute Gasteiger partial charge is 0.303 e. The summed E-state index contributed by atoms with van der Waals surface area (Å²) < 4.78 is 20.4. The maximum absolute atomic E-state index is 15.2. The van der Waals surface area contributed by atoms with Crippen LogP contribution in [-0.4, -0.2) is 129 Å². The van der Waals surface area contributed by atoms with Crippen LogP contribution in [0.4, 0.5) is 4.39 Å². The van der Waals surface area contributed by atoms with Crippen LogP contribution in [0.5, 0.6) is 17.2 Å². The molecule has 19 heteroatoms. The average molecular weight is 659 g/mol. The minimum absolute atomic E-state index is 0.147. The van der Waals surface area contributed by atoms with Gasteiger partial charge in [-0.15, -0.1) is 0 Å². The maximum Gasteiger partial charge on any atom is 0.303 e. The molecule has 3 amide bonds. The summed E-state index contributed by atoms with van der Waals surface area (Å²) in [5.74, 6) is -21.0. The van der Waals surface area contributed by atoms with E-state index in [0.717, 1.165) is 0 Å². The van der Waals surface area contributed by atoms with Crippen LogP contribution in [0, 0.1) is 5.82 Å². The highest BCUT2D eigenvalue weighted by atomic mass is 19.1. The number of rotatable bonds is 7. The second kappa shape index (κ2) is 13.4. The number of halogens is 1. The third kappa shape index (κ3) is 6.10. The molecule has 18 nitrogen and oxygen atoms in total. The fourth-order valence-corrected chi connectivity index (χ4v) is 4.90. The Hall–Kier alpha value is -4.66. The molecule has 1 aromatic carbocycles. The quantitative estimate of drug-likeness (QED) is 0.0369. The summed E-state index contributed by atoms with van der Waals surface area (Å²) in [6.07, 6.45) is 0. The van der Waals surface area contributed by atoms with Gasteiger partial charge in [0.1, 0.15) is 0 Å². The van der Waals surface area contributed by atoms with Gasteiger partial charge in [-0.2, -0.15) is 0 Å². The Balaban J connectivity index is 0.00000282. The Labute approximate surface area is 259 Å². The number of hydrogen-bond donors (Lipinski definition) is 12. The highest BCUT2D eigenvalue weighted by Crippen LogP contribution is 2.42. The number of hydrogen-bond acceptors (Lipinski definition) is 16. The summed E-state index contributed by atoms with van der Waals surface area (Å²) in [5, 5.41) is 106. The molecule has 254 valence electrons. The lowest BCUT2D eigenvalue weighted by Crippen LogP contribution is -2.79. The summed E-state index contributed by atoms with van der Waals surface area (Å²) in [6, 6.07) is -2.66. The number of carbonyl (C=O) groups excluding carboxylic acids is 3. The van der Waals surface area contributed by atoms with Crippen molar-refractivity contribution in [2.24, 2.45) is 0 Å². The van der Waals surface area contributed by atoms with E-state index in [0.29, 0.717) is 26.3 Å². The number of amides is 3. The number of carbonyl (C=O) groups is 3. The fourth-order valence-electron chi connectivity index (χ4n) is 4.90. The van der Waals surface area contributed by atoms with E-state index >= 15 is 4.39 Å². The SMILES string of the molecule is C=C(O)/C(O)=C1/C(=O)N(C2C(=O)NC(=O)C(O)(O)C2(O)O)C/C1=C(/O)NCc1c(O)c(O)c(CN2CCOCC2)c(O)c1F.CC. The van der Waals surface area contributed by atoms with E-state index in [1.165, 1.54) is 5.32 Å². The first kappa shape index (κ1) is 35.8. The van der Waals surface area contributed by atoms with E-state index in [4.69, 9.17) is 4.74 Å². The fraction of sp³-hybridized carbons (Fsp3) is 0.444. The molecule has 0 saturated carbocycles. The molecule has 0 aliphatic carbocycles. The number of nitrogens with zero attached hydrogens (tertiary/aromatic N) is 2. The molecule has 4 rings (SSSR count). The van der Waals surface area contributed by atoms with Crippen LogP contribution in [0.15, 0.2) is 35.1 Å². The standard InChI is InChI=1S/C25H29FN4O14.C2H6/c1-9(31)15(32)13-11(8-30(22(13)38)19-21(37)28-23(39)25(42,43)24(19,40)41)20(36)27-6-10-14(26)16(33)12(18(35)17(10)34)7-29-2-4-44-5-3-29;1-2/h19,27,31-36,40-43H,1-8H2,(H,28,37,39);1-2H3/b15-13-,20-11-;. The van der Waals surface area contributed by atoms with Crippen molar-refractivity contribution in [3.05, 3.63) is 52.1 Å². The number of ether oxygens (including phenoxy) is 1. The Morgan fingerprint density at radius 2 is 1.57 bits per heavy atom.